The Bertz CT molecular complexity index is 647. The van der Waals surface area contributed by atoms with Crippen LogP contribution in [0.5, 0.6) is 5.75 Å². The first kappa shape index (κ1) is 13.9. The second-order valence-electron chi connectivity index (χ2n) is 4.38. The fourth-order valence-corrected chi connectivity index (χ4v) is 1.85. The first-order valence-electron chi connectivity index (χ1n) is 6.24. The molecule has 5 heteroatoms. The standard InChI is InChI=1S/C15H16N2O3/c1-10(11-5-7-12(20-2)8-6-11)17-15(19)13-4-3-9-16-14(13)18/h3-10H,1-2H3,(H,16,18)(H,17,19)/t10-/m1/s1. The Morgan fingerprint density at radius 2 is 1.95 bits per heavy atom. The summed E-state index contributed by atoms with van der Waals surface area (Å²) in [5.74, 6) is 0.363. The number of benzene rings is 1. The number of amides is 1. The fraction of sp³-hybridized carbons (Fsp3) is 0.200. The van der Waals surface area contributed by atoms with E-state index in [4.69, 9.17) is 4.74 Å². The highest BCUT2D eigenvalue weighted by molar-refractivity contribution is 5.93. The van der Waals surface area contributed by atoms with Gasteiger partial charge >= 0.3 is 0 Å². The van der Waals surface area contributed by atoms with Crippen LogP contribution in [0.1, 0.15) is 28.9 Å². The molecule has 1 heterocycles. The van der Waals surface area contributed by atoms with Crippen LogP contribution in [0.2, 0.25) is 0 Å². The molecular formula is C15H16N2O3. The van der Waals surface area contributed by atoms with E-state index in [1.54, 1.807) is 13.2 Å². The Morgan fingerprint density at radius 3 is 2.55 bits per heavy atom. The van der Waals surface area contributed by atoms with E-state index in [1.165, 1.54) is 12.3 Å². The predicted molar refractivity (Wildman–Crippen MR) is 75.9 cm³/mol. The summed E-state index contributed by atoms with van der Waals surface area (Å²) in [6.07, 6.45) is 1.49. The third-order valence-electron chi connectivity index (χ3n) is 3.03. The van der Waals surface area contributed by atoms with Crippen molar-refractivity contribution in [1.29, 1.82) is 0 Å². The molecule has 2 aromatic rings. The van der Waals surface area contributed by atoms with E-state index in [2.05, 4.69) is 10.3 Å². The molecule has 104 valence electrons. The number of aromatic nitrogens is 1. The van der Waals surface area contributed by atoms with Gasteiger partial charge < -0.3 is 15.0 Å². The van der Waals surface area contributed by atoms with E-state index in [1.807, 2.05) is 31.2 Å². The molecule has 0 unspecified atom stereocenters. The lowest BCUT2D eigenvalue weighted by atomic mass is 10.1. The van der Waals surface area contributed by atoms with Crippen LogP contribution in [-0.4, -0.2) is 18.0 Å². The van der Waals surface area contributed by atoms with Crippen LogP contribution < -0.4 is 15.6 Å². The number of methoxy groups -OCH3 is 1. The molecule has 1 aromatic carbocycles. The molecular weight excluding hydrogens is 256 g/mol. The number of nitrogens with one attached hydrogen (secondary N) is 2. The maximum absolute atomic E-state index is 12.0. The Kier molecular flexibility index (Phi) is 4.20. The normalized spacial score (nSPS) is 11.7. The van der Waals surface area contributed by atoms with Gasteiger partial charge in [-0.05, 0) is 36.8 Å². The Balaban J connectivity index is 2.11. The van der Waals surface area contributed by atoms with Gasteiger partial charge in [0.2, 0.25) is 0 Å². The summed E-state index contributed by atoms with van der Waals surface area (Å²) in [6.45, 7) is 1.86. The Morgan fingerprint density at radius 1 is 1.25 bits per heavy atom. The minimum Gasteiger partial charge on any atom is -0.497 e. The van der Waals surface area contributed by atoms with E-state index in [9.17, 15) is 9.59 Å². The lowest BCUT2D eigenvalue weighted by Gasteiger charge is -2.14. The molecule has 0 saturated heterocycles. The number of hydrogen-bond acceptors (Lipinski definition) is 3. The lowest BCUT2D eigenvalue weighted by molar-refractivity contribution is 0.0938. The summed E-state index contributed by atoms with van der Waals surface area (Å²) in [5.41, 5.74) is 0.645. The maximum Gasteiger partial charge on any atom is 0.260 e. The molecule has 1 aromatic heterocycles. The molecule has 2 N–H and O–H groups in total. The van der Waals surface area contributed by atoms with Gasteiger partial charge in [-0.3, -0.25) is 9.59 Å². The van der Waals surface area contributed by atoms with E-state index >= 15 is 0 Å². The molecule has 0 aliphatic heterocycles. The Labute approximate surface area is 116 Å². The van der Waals surface area contributed by atoms with E-state index < -0.39 is 11.5 Å². The zero-order chi connectivity index (χ0) is 14.5. The number of rotatable bonds is 4. The van der Waals surface area contributed by atoms with Gasteiger partial charge in [0.25, 0.3) is 11.5 Å². The third-order valence-corrected chi connectivity index (χ3v) is 3.03. The molecule has 5 nitrogen and oxygen atoms in total. The number of ether oxygens (including phenoxy) is 1. The van der Waals surface area contributed by atoms with Crippen LogP contribution in [0, 0.1) is 0 Å². The first-order valence-corrected chi connectivity index (χ1v) is 6.24. The molecule has 0 bridgehead atoms. The molecule has 0 saturated carbocycles. The van der Waals surface area contributed by atoms with Gasteiger partial charge in [0.15, 0.2) is 0 Å². The summed E-state index contributed by atoms with van der Waals surface area (Å²) in [7, 11) is 1.60. The number of carbonyl (C=O) groups is 1. The van der Waals surface area contributed by atoms with Gasteiger partial charge in [-0.25, -0.2) is 0 Å². The van der Waals surface area contributed by atoms with Gasteiger partial charge in [0.05, 0.1) is 13.2 Å². The molecule has 0 fully saturated rings. The van der Waals surface area contributed by atoms with Gasteiger partial charge in [0.1, 0.15) is 11.3 Å². The average Bonchev–Trinajstić information content (AvgIpc) is 2.47. The molecule has 20 heavy (non-hydrogen) atoms. The zero-order valence-electron chi connectivity index (χ0n) is 11.3. The molecule has 1 amide bonds. The van der Waals surface area contributed by atoms with Gasteiger partial charge in [-0.1, -0.05) is 12.1 Å². The largest absolute Gasteiger partial charge is 0.497 e. The van der Waals surface area contributed by atoms with Crippen molar-refractivity contribution in [2.75, 3.05) is 7.11 Å². The molecule has 0 aliphatic carbocycles. The number of H-pyrrole nitrogens is 1. The van der Waals surface area contributed by atoms with Crippen LogP contribution in [0.3, 0.4) is 0 Å². The van der Waals surface area contributed by atoms with Crippen LogP contribution in [-0.2, 0) is 0 Å². The van der Waals surface area contributed by atoms with Gasteiger partial charge in [-0.2, -0.15) is 0 Å². The van der Waals surface area contributed by atoms with Crippen molar-refractivity contribution in [2.24, 2.45) is 0 Å². The Hall–Kier alpha value is -2.56. The van der Waals surface area contributed by atoms with Crippen molar-refractivity contribution in [2.45, 2.75) is 13.0 Å². The van der Waals surface area contributed by atoms with Gasteiger partial charge in [-0.15, -0.1) is 0 Å². The summed E-state index contributed by atoms with van der Waals surface area (Å²) >= 11 is 0. The van der Waals surface area contributed by atoms with Crippen molar-refractivity contribution in [3.05, 3.63) is 64.1 Å². The quantitative estimate of drug-likeness (QED) is 0.892. The summed E-state index contributed by atoms with van der Waals surface area (Å²) < 4.78 is 5.08. The monoisotopic (exact) mass is 272 g/mol. The number of pyridine rings is 1. The smallest absolute Gasteiger partial charge is 0.260 e. The SMILES string of the molecule is COc1ccc([C@@H](C)NC(=O)c2ccc[nH]c2=O)cc1. The van der Waals surface area contributed by atoms with Crippen LogP contribution in [0.15, 0.2) is 47.4 Å². The van der Waals surface area contributed by atoms with Crippen LogP contribution in [0.4, 0.5) is 0 Å². The van der Waals surface area contributed by atoms with Crippen molar-refractivity contribution >= 4 is 5.91 Å². The van der Waals surface area contributed by atoms with Gasteiger partial charge in [0, 0.05) is 6.20 Å². The van der Waals surface area contributed by atoms with E-state index in [-0.39, 0.29) is 11.6 Å². The highest BCUT2D eigenvalue weighted by Crippen LogP contribution is 2.17. The van der Waals surface area contributed by atoms with Crippen molar-refractivity contribution in [3.8, 4) is 5.75 Å². The lowest BCUT2D eigenvalue weighted by Crippen LogP contribution is -2.31. The minimum atomic E-state index is -0.396. The highest BCUT2D eigenvalue weighted by Gasteiger charge is 2.13. The summed E-state index contributed by atoms with van der Waals surface area (Å²) in [6, 6.07) is 10.3. The fourth-order valence-electron chi connectivity index (χ4n) is 1.85. The van der Waals surface area contributed by atoms with Crippen LogP contribution >= 0.6 is 0 Å². The summed E-state index contributed by atoms with van der Waals surface area (Å²) in [5, 5.41) is 2.79. The van der Waals surface area contributed by atoms with Crippen molar-refractivity contribution < 1.29 is 9.53 Å². The van der Waals surface area contributed by atoms with Crippen molar-refractivity contribution in [1.82, 2.24) is 10.3 Å². The second kappa shape index (κ2) is 6.06. The number of carbonyl (C=O) groups excluding carboxylic acids is 1. The number of hydrogen-bond donors (Lipinski definition) is 2. The minimum absolute atomic E-state index is 0.105. The van der Waals surface area contributed by atoms with Crippen LogP contribution in [0.25, 0.3) is 0 Å². The first-order chi connectivity index (χ1) is 9.61. The zero-order valence-corrected chi connectivity index (χ0v) is 11.3. The molecule has 1 atom stereocenters. The number of aromatic amines is 1. The molecule has 0 spiro atoms. The molecule has 0 radical (unpaired) electrons. The average molecular weight is 272 g/mol. The van der Waals surface area contributed by atoms with Crippen molar-refractivity contribution in [3.63, 3.8) is 0 Å². The van der Waals surface area contributed by atoms with E-state index in [0.717, 1.165) is 11.3 Å². The summed E-state index contributed by atoms with van der Waals surface area (Å²) in [4.78, 5) is 26.0. The molecule has 2 rings (SSSR count). The maximum atomic E-state index is 12.0. The highest BCUT2D eigenvalue weighted by atomic mass is 16.5. The second-order valence-corrected chi connectivity index (χ2v) is 4.38. The predicted octanol–water partition coefficient (Wildman–Crippen LogP) is 1.87. The molecule has 0 aliphatic rings. The van der Waals surface area contributed by atoms with E-state index in [0.29, 0.717) is 0 Å². The topological polar surface area (TPSA) is 71.2 Å². The third kappa shape index (κ3) is 3.06.